The van der Waals surface area contributed by atoms with E-state index >= 15 is 0 Å². The lowest BCUT2D eigenvalue weighted by Crippen LogP contribution is -2.13. The van der Waals surface area contributed by atoms with Crippen LogP contribution in [0.2, 0.25) is 0 Å². The van der Waals surface area contributed by atoms with Crippen molar-refractivity contribution in [1.82, 2.24) is 0 Å². The van der Waals surface area contributed by atoms with Crippen LogP contribution in [0.5, 0.6) is 0 Å². The van der Waals surface area contributed by atoms with Crippen molar-refractivity contribution in [3.05, 3.63) is 53.6 Å². The number of amidine groups is 1. The Bertz CT molecular complexity index is 713. The lowest BCUT2D eigenvalue weighted by atomic mass is 10.1. The molecule has 3 rings (SSSR count). The number of nitrogens with one attached hydrogen (secondary N) is 1. The first-order chi connectivity index (χ1) is 9.61. The fraction of sp³-hybridized carbons (Fsp3) is 0.0714. The third kappa shape index (κ3) is 1.80. The molecule has 1 N–H and O–H groups in total. The molecule has 2 aromatic rings. The lowest BCUT2D eigenvalue weighted by Gasteiger charge is -2.15. The Labute approximate surface area is 113 Å². The molecule has 0 atom stereocenters. The second-order valence-corrected chi connectivity index (χ2v) is 4.27. The minimum Gasteiger partial charge on any atom is -0.336 e. The molecule has 2 aromatic carbocycles. The molecule has 0 saturated heterocycles. The summed E-state index contributed by atoms with van der Waals surface area (Å²) < 4.78 is 41.7. The summed E-state index contributed by atoms with van der Waals surface area (Å²) in [5.41, 5.74) is 0.304. The van der Waals surface area contributed by atoms with Crippen molar-refractivity contribution >= 4 is 22.9 Å². The Morgan fingerprint density at radius 3 is 2.65 bits per heavy atom. The van der Waals surface area contributed by atoms with Crippen LogP contribution in [-0.2, 0) is 0 Å². The molecule has 0 spiro atoms. The van der Waals surface area contributed by atoms with E-state index in [-0.39, 0.29) is 28.5 Å². The number of aliphatic imine (C=N–C) groups is 1. The maximum absolute atomic E-state index is 14.5. The van der Waals surface area contributed by atoms with Crippen LogP contribution in [0.3, 0.4) is 0 Å². The monoisotopic (exact) mass is 277 g/mol. The number of benzene rings is 2. The van der Waals surface area contributed by atoms with Crippen LogP contribution in [0.25, 0.3) is 0 Å². The third-order valence-corrected chi connectivity index (χ3v) is 3.10. The van der Waals surface area contributed by atoms with E-state index in [1.807, 2.05) is 0 Å². The summed E-state index contributed by atoms with van der Waals surface area (Å²) in [6.07, 6.45) is 0. The van der Waals surface area contributed by atoms with Crippen molar-refractivity contribution in [2.24, 2.45) is 4.99 Å². The smallest absolute Gasteiger partial charge is 0.148 e. The van der Waals surface area contributed by atoms with Gasteiger partial charge in [-0.25, -0.2) is 8.78 Å². The van der Waals surface area contributed by atoms with Gasteiger partial charge in [-0.3, -0.25) is 4.99 Å². The van der Waals surface area contributed by atoms with Gasteiger partial charge in [-0.05, 0) is 30.3 Å². The molecule has 3 nitrogen and oxygen atoms in total. The highest BCUT2D eigenvalue weighted by atomic mass is 19.2. The number of rotatable bonds is 0. The number of fused-ring (bicyclic) bond motifs is 2. The van der Waals surface area contributed by atoms with Gasteiger partial charge in [0, 0.05) is 12.6 Å². The molecule has 0 radical (unpaired) electrons. The Morgan fingerprint density at radius 2 is 1.90 bits per heavy atom. The second-order valence-electron chi connectivity index (χ2n) is 4.27. The van der Waals surface area contributed by atoms with Crippen LogP contribution in [-0.4, -0.2) is 12.9 Å². The lowest BCUT2D eigenvalue weighted by molar-refractivity contribution is 0.504. The topological polar surface area (TPSA) is 27.6 Å². The molecule has 0 unspecified atom stereocenters. The zero-order chi connectivity index (χ0) is 14.3. The van der Waals surface area contributed by atoms with E-state index in [1.54, 1.807) is 0 Å². The van der Waals surface area contributed by atoms with Gasteiger partial charge in [-0.1, -0.05) is 10.5 Å². The molecule has 0 bridgehead atoms. The molecule has 20 heavy (non-hydrogen) atoms. The van der Waals surface area contributed by atoms with Crippen LogP contribution in [0.1, 0.15) is 5.56 Å². The van der Waals surface area contributed by atoms with E-state index < -0.39 is 11.6 Å². The largest absolute Gasteiger partial charge is 0.336 e. The number of hydrogen-bond donors (Lipinski definition) is 1. The predicted molar refractivity (Wildman–Crippen MR) is 72.1 cm³/mol. The van der Waals surface area contributed by atoms with E-state index in [2.05, 4.69) is 10.3 Å². The Morgan fingerprint density at radius 1 is 1.10 bits per heavy atom. The fourth-order valence-corrected chi connectivity index (χ4v) is 2.16. The fourth-order valence-electron chi connectivity index (χ4n) is 2.16. The number of nitrogens with zero attached hydrogens (tertiary/aromatic N) is 2. The summed E-state index contributed by atoms with van der Waals surface area (Å²) in [5.74, 6) is -0.933. The molecular weight excluding hydrogens is 267 g/mol. The van der Waals surface area contributed by atoms with Gasteiger partial charge >= 0.3 is 0 Å². The maximum Gasteiger partial charge on any atom is 0.148 e. The van der Waals surface area contributed by atoms with Crippen molar-refractivity contribution in [2.75, 3.05) is 17.5 Å². The Hall–Kier alpha value is -2.50. The highest BCUT2D eigenvalue weighted by Crippen LogP contribution is 2.39. The summed E-state index contributed by atoms with van der Waals surface area (Å²) in [4.78, 5) is 3.94. The standard InChI is InChI=1S/C14H10F3N3/c1-18-14-9-7-8(15)5-6-11(9)20(17)12-4-2-3-10(16)13(12)19-14/h2-7H,1H3,(H,18,19). The molecule has 102 valence electrons. The SMILES string of the molecule is CN=C1Nc2c(F)cccc2N(F)c2ccc(F)cc21. The summed E-state index contributed by atoms with van der Waals surface area (Å²) in [7, 11) is 1.46. The van der Waals surface area contributed by atoms with E-state index in [4.69, 9.17) is 0 Å². The quantitative estimate of drug-likeness (QED) is 0.742. The normalized spacial score (nSPS) is 15.4. The molecule has 0 aliphatic carbocycles. The van der Waals surface area contributed by atoms with Crippen molar-refractivity contribution in [3.8, 4) is 0 Å². The Kier molecular flexibility index (Phi) is 2.85. The third-order valence-electron chi connectivity index (χ3n) is 3.10. The van der Waals surface area contributed by atoms with Gasteiger partial charge in [0.25, 0.3) is 0 Å². The summed E-state index contributed by atoms with van der Waals surface area (Å²) in [6, 6.07) is 7.63. The van der Waals surface area contributed by atoms with Gasteiger partial charge in [-0.15, -0.1) is 0 Å². The van der Waals surface area contributed by atoms with E-state index in [1.165, 1.54) is 31.3 Å². The summed E-state index contributed by atoms with van der Waals surface area (Å²) in [5, 5.41) is 3.04. The van der Waals surface area contributed by atoms with E-state index in [9.17, 15) is 13.3 Å². The molecule has 0 fully saturated rings. The minimum atomic E-state index is -0.612. The molecule has 0 saturated carbocycles. The van der Waals surface area contributed by atoms with Crippen LogP contribution < -0.4 is 10.4 Å². The molecular formula is C14H10F3N3. The van der Waals surface area contributed by atoms with Gasteiger partial charge in [0.05, 0.1) is 5.69 Å². The molecule has 0 amide bonds. The van der Waals surface area contributed by atoms with Crippen LogP contribution >= 0.6 is 0 Å². The predicted octanol–water partition coefficient (Wildman–Crippen LogP) is 3.79. The maximum atomic E-state index is 14.5. The van der Waals surface area contributed by atoms with Crippen molar-refractivity contribution in [1.29, 1.82) is 0 Å². The van der Waals surface area contributed by atoms with Gasteiger partial charge in [0.2, 0.25) is 0 Å². The van der Waals surface area contributed by atoms with Crippen molar-refractivity contribution in [3.63, 3.8) is 0 Å². The molecule has 1 aliphatic rings. The zero-order valence-corrected chi connectivity index (χ0v) is 10.5. The number of para-hydroxylation sites is 1. The second kappa shape index (κ2) is 4.56. The first-order valence-electron chi connectivity index (χ1n) is 5.90. The number of halogens is 3. The highest BCUT2D eigenvalue weighted by molar-refractivity contribution is 6.15. The van der Waals surface area contributed by atoms with Crippen LogP contribution in [0, 0.1) is 11.6 Å². The average Bonchev–Trinajstić information content (AvgIpc) is 2.56. The number of anilines is 3. The van der Waals surface area contributed by atoms with Gasteiger partial charge in [0.1, 0.15) is 28.8 Å². The minimum absolute atomic E-state index is 0.0107. The average molecular weight is 277 g/mol. The van der Waals surface area contributed by atoms with Crippen molar-refractivity contribution < 1.29 is 13.3 Å². The first-order valence-corrected chi connectivity index (χ1v) is 5.90. The van der Waals surface area contributed by atoms with Gasteiger partial charge < -0.3 is 5.32 Å². The van der Waals surface area contributed by atoms with Crippen LogP contribution in [0.4, 0.5) is 30.3 Å². The highest BCUT2D eigenvalue weighted by Gasteiger charge is 2.26. The Balaban J connectivity index is 2.30. The van der Waals surface area contributed by atoms with Gasteiger partial charge in [-0.2, -0.15) is 5.12 Å². The number of hydrogen-bond acceptors (Lipinski definition) is 2. The van der Waals surface area contributed by atoms with E-state index in [0.717, 1.165) is 12.1 Å². The van der Waals surface area contributed by atoms with Gasteiger partial charge in [0.15, 0.2) is 0 Å². The summed E-state index contributed by atoms with van der Waals surface area (Å²) in [6.45, 7) is 0. The molecule has 6 heteroatoms. The zero-order valence-electron chi connectivity index (χ0n) is 10.5. The van der Waals surface area contributed by atoms with Crippen LogP contribution in [0.15, 0.2) is 41.4 Å². The van der Waals surface area contributed by atoms with Crippen molar-refractivity contribution in [2.45, 2.75) is 0 Å². The molecule has 1 aliphatic heterocycles. The molecule has 0 aromatic heterocycles. The first kappa shape index (κ1) is 12.5. The van der Waals surface area contributed by atoms with E-state index in [0.29, 0.717) is 5.12 Å². The molecule has 1 heterocycles. The summed E-state index contributed by atoms with van der Waals surface area (Å²) >= 11 is 0.